The molecule has 8 bridgehead atoms. The molecular weight excluding hydrogens is 649 g/mol. The molecule has 0 spiro atoms. The number of para-hydroxylation sites is 4. The number of hydrogen-bond acceptors (Lipinski definition) is 8. The summed E-state index contributed by atoms with van der Waals surface area (Å²) < 4.78 is 26.1. The van der Waals surface area contributed by atoms with Gasteiger partial charge in [-0.2, -0.15) is 21.0 Å². The quantitative estimate of drug-likeness (QED) is 0.0936. The van der Waals surface area contributed by atoms with Gasteiger partial charge in [0.25, 0.3) is 0 Å². The van der Waals surface area contributed by atoms with Crippen LogP contribution in [0.3, 0.4) is 0 Å². The van der Waals surface area contributed by atoms with Crippen LogP contribution in [0.25, 0.3) is 0 Å². The van der Waals surface area contributed by atoms with Crippen molar-refractivity contribution >= 4 is 0 Å². The first kappa shape index (κ1) is 37.3. The van der Waals surface area contributed by atoms with E-state index in [0.29, 0.717) is 103 Å². The van der Waals surface area contributed by atoms with Crippen LogP contribution in [0.2, 0.25) is 0 Å². The third-order valence-corrected chi connectivity index (χ3v) is 8.95. The van der Waals surface area contributed by atoms with Crippen molar-refractivity contribution in [1.29, 1.82) is 21.0 Å². The Labute approximate surface area is 307 Å². The average molecular weight is 693 g/mol. The average Bonchev–Trinajstić information content (AvgIpc) is 3.15. The lowest BCUT2D eigenvalue weighted by Crippen LogP contribution is -2.10. The van der Waals surface area contributed by atoms with Crippen molar-refractivity contribution in [3.63, 3.8) is 0 Å². The number of hydrogen-bond donors (Lipinski definition) is 0. The number of nitrogens with zero attached hydrogens (tertiary/aromatic N) is 4. The topological polar surface area (TPSA) is 132 Å². The van der Waals surface area contributed by atoms with Crippen LogP contribution >= 0.6 is 0 Å². The maximum Gasteiger partial charge on any atom is 0.126 e. The van der Waals surface area contributed by atoms with Crippen molar-refractivity contribution in [3.8, 4) is 47.3 Å². The second-order valence-corrected chi connectivity index (χ2v) is 12.8. The van der Waals surface area contributed by atoms with Crippen LogP contribution in [0, 0.1) is 45.3 Å². The summed E-state index contributed by atoms with van der Waals surface area (Å²) in [6, 6.07) is 33.8. The number of ether oxygens (including phenoxy) is 4. The lowest BCUT2D eigenvalue weighted by molar-refractivity contribution is 0.300. The number of benzene rings is 4. The summed E-state index contributed by atoms with van der Waals surface area (Å²) in [5, 5.41) is 36.8. The van der Waals surface area contributed by atoms with Crippen LogP contribution in [0.4, 0.5) is 0 Å². The van der Waals surface area contributed by atoms with Crippen LogP contribution in [0.5, 0.6) is 23.0 Å². The lowest BCUT2D eigenvalue weighted by Gasteiger charge is -2.22. The van der Waals surface area contributed by atoms with Crippen LogP contribution in [0.15, 0.2) is 72.8 Å². The summed E-state index contributed by atoms with van der Waals surface area (Å²) in [6.45, 7) is 1.66. The Hall–Kier alpha value is -5.96. The zero-order valence-electron chi connectivity index (χ0n) is 29.7. The Balaban J connectivity index is 1.68. The molecule has 0 aromatic heterocycles. The van der Waals surface area contributed by atoms with E-state index in [-0.39, 0.29) is 0 Å². The van der Waals surface area contributed by atoms with Gasteiger partial charge in [0.1, 0.15) is 23.0 Å². The highest BCUT2D eigenvalue weighted by Gasteiger charge is 2.21. The standard InChI is InChI=1S/C44H44N4O4/c45-21-1-5-25-49-41-33-13-9-14-34(41)30-36-16-11-18-38(43(36)51-27-7-3-23-47)32-40-20-12-19-39(44(40)52-28-8-4-24-48)31-37-17-10-15-35(29-33)42(37)50-26-6-2-22-46/h9-20H,1-8,25-32H2. The fraction of sp³-hybridized carbons (Fsp3) is 0.364. The molecule has 8 heteroatoms. The largest absolute Gasteiger partial charge is 0.493 e. The Morgan fingerprint density at radius 1 is 0.346 bits per heavy atom. The van der Waals surface area contributed by atoms with Crippen LogP contribution in [0.1, 0.15) is 95.9 Å². The maximum atomic E-state index is 9.20. The van der Waals surface area contributed by atoms with Crippen molar-refractivity contribution in [2.75, 3.05) is 26.4 Å². The normalized spacial score (nSPS) is 11.6. The van der Waals surface area contributed by atoms with Gasteiger partial charge < -0.3 is 18.9 Å². The number of nitriles is 4. The second-order valence-electron chi connectivity index (χ2n) is 12.8. The van der Waals surface area contributed by atoms with Gasteiger partial charge in [-0.15, -0.1) is 0 Å². The third-order valence-electron chi connectivity index (χ3n) is 8.95. The summed E-state index contributed by atoms with van der Waals surface area (Å²) in [5.74, 6) is 3.19. The SMILES string of the molecule is N#CCCCOc1c2cccc1Cc1cccc(c1OCCCC#N)Cc1cccc(c1OCCCC#N)Cc1cccc(c1OCCCC#N)C2. The Morgan fingerprint density at radius 3 is 0.712 bits per heavy atom. The van der Waals surface area contributed by atoms with Gasteiger partial charge in [0, 0.05) is 51.4 Å². The van der Waals surface area contributed by atoms with E-state index in [2.05, 4.69) is 97.1 Å². The number of unbranched alkanes of at least 4 members (excludes halogenated alkanes) is 4. The molecule has 0 fully saturated rings. The van der Waals surface area contributed by atoms with E-state index in [1.165, 1.54) is 0 Å². The molecule has 264 valence electrons. The second kappa shape index (κ2) is 20.0. The summed E-state index contributed by atoms with van der Waals surface area (Å²) in [6.07, 6.45) is 6.33. The first-order chi connectivity index (χ1) is 25.7. The maximum absolute atomic E-state index is 9.20. The summed E-state index contributed by atoms with van der Waals surface area (Å²) in [7, 11) is 0. The molecule has 0 saturated heterocycles. The Kier molecular flexibility index (Phi) is 14.4. The fourth-order valence-electron chi connectivity index (χ4n) is 6.53. The summed E-state index contributed by atoms with van der Waals surface area (Å²) in [4.78, 5) is 0. The van der Waals surface area contributed by atoms with Crippen molar-refractivity contribution < 1.29 is 18.9 Å². The molecule has 0 aliphatic heterocycles. The Morgan fingerprint density at radius 2 is 0.538 bits per heavy atom. The van der Waals surface area contributed by atoms with Gasteiger partial charge in [-0.05, 0) is 70.2 Å². The molecule has 4 aromatic carbocycles. The molecule has 8 nitrogen and oxygen atoms in total. The van der Waals surface area contributed by atoms with E-state index >= 15 is 0 Å². The highest BCUT2D eigenvalue weighted by Crippen LogP contribution is 2.39. The molecule has 0 saturated carbocycles. The van der Waals surface area contributed by atoms with Gasteiger partial charge in [0.05, 0.1) is 50.7 Å². The first-order valence-corrected chi connectivity index (χ1v) is 18.1. The predicted octanol–water partition coefficient (Wildman–Crippen LogP) is 9.09. The summed E-state index contributed by atoms with van der Waals surface area (Å²) in [5.41, 5.74) is 8.09. The molecule has 0 radical (unpaired) electrons. The lowest BCUT2D eigenvalue weighted by atomic mass is 9.91. The fourth-order valence-corrected chi connectivity index (χ4v) is 6.53. The van der Waals surface area contributed by atoms with Gasteiger partial charge in [0.2, 0.25) is 0 Å². The zero-order chi connectivity index (χ0) is 36.4. The molecule has 0 N–H and O–H groups in total. The molecule has 0 atom stereocenters. The van der Waals surface area contributed by atoms with Crippen molar-refractivity contribution in [2.45, 2.75) is 77.0 Å². The van der Waals surface area contributed by atoms with Crippen molar-refractivity contribution in [2.24, 2.45) is 0 Å². The molecule has 4 aromatic rings. The number of rotatable bonds is 16. The zero-order valence-corrected chi connectivity index (χ0v) is 29.7. The summed E-state index contributed by atoms with van der Waals surface area (Å²) >= 11 is 0. The van der Waals surface area contributed by atoms with E-state index in [4.69, 9.17) is 18.9 Å². The van der Waals surface area contributed by atoms with E-state index in [0.717, 1.165) is 67.5 Å². The smallest absolute Gasteiger partial charge is 0.126 e. The van der Waals surface area contributed by atoms with E-state index in [1.807, 2.05) is 0 Å². The minimum absolute atomic E-state index is 0.410. The highest BCUT2D eigenvalue weighted by atomic mass is 16.5. The van der Waals surface area contributed by atoms with Gasteiger partial charge in [0.15, 0.2) is 0 Å². The van der Waals surface area contributed by atoms with Gasteiger partial charge in [-0.1, -0.05) is 72.8 Å². The minimum atomic E-state index is 0.410. The molecule has 0 heterocycles. The van der Waals surface area contributed by atoms with Gasteiger partial charge in [-0.25, -0.2) is 0 Å². The predicted molar refractivity (Wildman–Crippen MR) is 198 cm³/mol. The van der Waals surface area contributed by atoms with Crippen LogP contribution in [-0.4, -0.2) is 26.4 Å². The van der Waals surface area contributed by atoms with Crippen LogP contribution in [-0.2, 0) is 25.7 Å². The first-order valence-electron chi connectivity index (χ1n) is 18.1. The minimum Gasteiger partial charge on any atom is -0.493 e. The Bertz CT molecular complexity index is 1610. The van der Waals surface area contributed by atoms with E-state index in [1.54, 1.807) is 0 Å². The number of fused-ring (bicyclic) bond motifs is 8. The third kappa shape index (κ3) is 10.1. The van der Waals surface area contributed by atoms with E-state index in [9.17, 15) is 21.0 Å². The van der Waals surface area contributed by atoms with Gasteiger partial charge >= 0.3 is 0 Å². The molecular formula is C44H44N4O4. The molecule has 5 rings (SSSR count). The monoisotopic (exact) mass is 692 g/mol. The molecule has 1 aliphatic carbocycles. The molecule has 52 heavy (non-hydrogen) atoms. The molecule has 0 amide bonds. The van der Waals surface area contributed by atoms with E-state index < -0.39 is 0 Å². The highest BCUT2D eigenvalue weighted by molar-refractivity contribution is 5.56. The molecule has 1 aliphatic rings. The van der Waals surface area contributed by atoms with Gasteiger partial charge in [-0.3, -0.25) is 0 Å². The van der Waals surface area contributed by atoms with Crippen molar-refractivity contribution in [1.82, 2.24) is 0 Å². The van der Waals surface area contributed by atoms with Crippen LogP contribution < -0.4 is 18.9 Å². The molecule has 0 unspecified atom stereocenters. The van der Waals surface area contributed by atoms with Crippen molar-refractivity contribution in [3.05, 3.63) is 117 Å².